The maximum atomic E-state index is 11.9. The average molecular weight is 315 g/mol. The molecular formula is C11H11ClN4O3S. The number of nitrogen functional groups attached to an aromatic ring is 1. The number of nitrogens with zero attached hydrogens (tertiary/aromatic N) is 1. The summed E-state index contributed by atoms with van der Waals surface area (Å²) in [7, 11) is -3.39. The first-order chi connectivity index (χ1) is 9.27. The van der Waals surface area contributed by atoms with Gasteiger partial charge in [0.1, 0.15) is 11.5 Å². The fraction of sp³-hybridized carbons (Fsp3) is 0.0909. The summed E-state index contributed by atoms with van der Waals surface area (Å²) >= 11 is 5.92. The fourth-order valence-electron chi connectivity index (χ4n) is 1.47. The van der Waals surface area contributed by atoms with Crippen LogP contribution in [0.15, 0.2) is 29.2 Å². The van der Waals surface area contributed by atoms with Crippen molar-refractivity contribution in [3.63, 3.8) is 0 Å². The van der Waals surface area contributed by atoms with Gasteiger partial charge in [-0.05, 0) is 18.2 Å². The number of benzene rings is 1. The van der Waals surface area contributed by atoms with Gasteiger partial charge in [0, 0.05) is 12.3 Å². The summed E-state index contributed by atoms with van der Waals surface area (Å²) < 4.78 is 22.9. The van der Waals surface area contributed by atoms with Crippen molar-refractivity contribution in [2.75, 3.05) is 17.3 Å². The number of nitrogens with two attached hydrogens (primary N) is 1. The summed E-state index contributed by atoms with van der Waals surface area (Å²) in [6, 6.07) is 5.40. The highest BCUT2D eigenvalue weighted by Crippen LogP contribution is 2.25. The van der Waals surface area contributed by atoms with Crippen molar-refractivity contribution < 1.29 is 13.2 Å². The van der Waals surface area contributed by atoms with Gasteiger partial charge in [-0.2, -0.15) is 5.10 Å². The van der Waals surface area contributed by atoms with E-state index < -0.39 is 15.7 Å². The molecule has 20 heavy (non-hydrogen) atoms. The third-order valence-corrected chi connectivity index (χ3v) is 3.90. The van der Waals surface area contributed by atoms with Gasteiger partial charge in [0.25, 0.3) is 5.91 Å². The molecule has 7 nitrogen and oxygen atoms in total. The van der Waals surface area contributed by atoms with Crippen molar-refractivity contribution in [1.82, 2.24) is 10.2 Å². The van der Waals surface area contributed by atoms with Crippen LogP contribution in [0.2, 0.25) is 5.02 Å². The van der Waals surface area contributed by atoms with Crippen molar-refractivity contribution in [3.05, 3.63) is 35.0 Å². The van der Waals surface area contributed by atoms with Crippen LogP contribution >= 0.6 is 11.6 Å². The lowest BCUT2D eigenvalue weighted by Crippen LogP contribution is -2.13. The number of sulfone groups is 1. The molecule has 0 unspecified atom stereocenters. The van der Waals surface area contributed by atoms with Gasteiger partial charge < -0.3 is 11.1 Å². The van der Waals surface area contributed by atoms with Crippen LogP contribution in [0.3, 0.4) is 0 Å². The van der Waals surface area contributed by atoms with Gasteiger partial charge in [0.2, 0.25) is 0 Å². The normalized spacial score (nSPS) is 11.3. The lowest BCUT2D eigenvalue weighted by Gasteiger charge is -2.07. The molecule has 9 heteroatoms. The van der Waals surface area contributed by atoms with Crippen LogP contribution in [0.25, 0.3) is 0 Å². The van der Waals surface area contributed by atoms with E-state index in [4.69, 9.17) is 17.3 Å². The Morgan fingerprint density at radius 1 is 1.40 bits per heavy atom. The number of aromatic amines is 1. The van der Waals surface area contributed by atoms with E-state index >= 15 is 0 Å². The molecule has 1 amide bonds. The molecule has 2 rings (SSSR count). The molecule has 1 aromatic carbocycles. The first-order valence-electron chi connectivity index (χ1n) is 5.39. The fourth-order valence-corrected chi connectivity index (χ4v) is 2.29. The Bertz CT molecular complexity index is 770. The predicted octanol–water partition coefficient (Wildman–Crippen LogP) is 1.30. The minimum Gasteiger partial charge on any atom is -0.382 e. The lowest BCUT2D eigenvalue weighted by atomic mass is 10.3. The molecular weight excluding hydrogens is 304 g/mol. The van der Waals surface area contributed by atoms with Crippen LogP contribution in [-0.4, -0.2) is 30.8 Å². The monoisotopic (exact) mass is 314 g/mol. The van der Waals surface area contributed by atoms with E-state index in [2.05, 4.69) is 15.5 Å². The van der Waals surface area contributed by atoms with Crippen molar-refractivity contribution in [2.45, 2.75) is 4.90 Å². The molecule has 0 radical (unpaired) electrons. The standard InChI is InChI=1S/C11H11ClN4O3S/c1-20(18,19)6-2-3-7(12)8(4-6)14-11(17)9-5-10(13)16-15-9/h2-5H,1H3,(H,14,17)(H3,13,15,16). The maximum Gasteiger partial charge on any atom is 0.273 e. The number of halogens is 1. The molecule has 0 bridgehead atoms. The number of carbonyl (C=O) groups is 1. The highest BCUT2D eigenvalue weighted by molar-refractivity contribution is 7.90. The van der Waals surface area contributed by atoms with Crippen molar-refractivity contribution in [3.8, 4) is 0 Å². The predicted molar refractivity (Wildman–Crippen MR) is 75.5 cm³/mol. The Morgan fingerprint density at radius 3 is 2.65 bits per heavy atom. The molecule has 0 aliphatic carbocycles. The molecule has 106 valence electrons. The van der Waals surface area contributed by atoms with Gasteiger partial charge in [-0.1, -0.05) is 11.6 Å². The summed E-state index contributed by atoms with van der Waals surface area (Å²) in [5.74, 6) is -0.354. The molecule has 0 aliphatic heterocycles. The minimum atomic E-state index is -3.39. The molecule has 0 spiro atoms. The van der Waals surface area contributed by atoms with Crippen LogP contribution in [0, 0.1) is 0 Å². The smallest absolute Gasteiger partial charge is 0.273 e. The van der Waals surface area contributed by atoms with Crippen LogP contribution in [0.5, 0.6) is 0 Å². The number of carbonyl (C=O) groups excluding carboxylic acids is 1. The summed E-state index contributed by atoms with van der Waals surface area (Å²) in [5, 5.41) is 8.77. The molecule has 0 saturated carbocycles. The van der Waals surface area contributed by atoms with Crippen LogP contribution in [0.1, 0.15) is 10.5 Å². The third-order valence-electron chi connectivity index (χ3n) is 2.46. The van der Waals surface area contributed by atoms with Gasteiger partial charge in [-0.25, -0.2) is 8.42 Å². The summed E-state index contributed by atoms with van der Waals surface area (Å²) in [6.07, 6.45) is 1.07. The topological polar surface area (TPSA) is 118 Å². The largest absolute Gasteiger partial charge is 0.382 e. The third kappa shape index (κ3) is 3.09. The van der Waals surface area contributed by atoms with E-state index in [0.29, 0.717) is 0 Å². The number of rotatable bonds is 3. The second kappa shape index (κ2) is 5.14. The van der Waals surface area contributed by atoms with E-state index in [0.717, 1.165) is 6.26 Å². The van der Waals surface area contributed by atoms with Crippen LogP contribution in [0.4, 0.5) is 11.5 Å². The van der Waals surface area contributed by atoms with E-state index in [1.807, 2.05) is 0 Å². The molecule has 1 heterocycles. The molecule has 4 N–H and O–H groups in total. The van der Waals surface area contributed by atoms with Gasteiger partial charge in [-0.3, -0.25) is 9.89 Å². The number of nitrogens with one attached hydrogen (secondary N) is 2. The van der Waals surface area contributed by atoms with E-state index in [9.17, 15) is 13.2 Å². The number of anilines is 2. The summed E-state index contributed by atoms with van der Waals surface area (Å²) in [4.78, 5) is 12.0. The summed E-state index contributed by atoms with van der Waals surface area (Å²) in [6.45, 7) is 0. The molecule has 0 atom stereocenters. The minimum absolute atomic E-state index is 0.0568. The highest BCUT2D eigenvalue weighted by atomic mass is 35.5. The van der Waals surface area contributed by atoms with Gasteiger partial charge in [-0.15, -0.1) is 0 Å². The Balaban J connectivity index is 2.31. The van der Waals surface area contributed by atoms with Crippen molar-refractivity contribution >= 4 is 38.9 Å². The SMILES string of the molecule is CS(=O)(=O)c1ccc(Cl)c(NC(=O)c2cc(N)n[nH]2)c1. The van der Waals surface area contributed by atoms with E-state index in [1.165, 1.54) is 24.3 Å². The number of hydrogen-bond acceptors (Lipinski definition) is 5. The molecule has 0 aliphatic rings. The first kappa shape index (κ1) is 14.4. The van der Waals surface area contributed by atoms with Gasteiger partial charge in [0.05, 0.1) is 15.6 Å². The lowest BCUT2D eigenvalue weighted by molar-refractivity contribution is 0.102. The van der Waals surface area contributed by atoms with Gasteiger partial charge >= 0.3 is 0 Å². The number of H-pyrrole nitrogens is 1. The quantitative estimate of drug-likeness (QED) is 0.789. The Morgan fingerprint density at radius 2 is 2.10 bits per heavy atom. The zero-order valence-corrected chi connectivity index (χ0v) is 11.9. The molecule has 0 saturated heterocycles. The van der Waals surface area contributed by atoms with Gasteiger partial charge in [0.15, 0.2) is 9.84 Å². The van der Waals surface area contributed by atoms with Crippen molar-refractivity contribution in [1.29, 1.82) is 0 Å². The number of amides is 1. The first-order valence-corrected chi connectivity index (χ1v) is 7.66. The molecule has 0 fully saturated rings. The summed E-state index contributed by atoms with van der Waals surface area (Å²) in [5.41, 5.74) is 5.72. The highest BCUT2D eigenvalue weighted by Gasteiger charge is 2.14. The Kier molecular flexibility index (Phi) is 3.69. The Hall–Kier alpha value is -2.06. The number of aromatic nitrogens is 2. The average Bonchev–Trinajstić information content (AvgIpc) is 2.77. The molecule has 2 aromatic rings. The second-order valence-electron chi connectivity index (χ2n) is 4.07. The van der Waals surface area contributed by atoms with Crippen molar-refractivity contribution in [2.24, 2.45) is 0 Å². The Labute approximate surface area is 120 Å². The van der Waals surface area contributed by atoms with E-state index in [-0.39, 0.29) is 27.1 Å². The zero-order chi connectivity index (χ0) is 14.9. The molecule has 1 aromatic heterocycles. The van der Waals surface area contributed by atoms with Crippen LogP contribution < -0.4 is 11.1 Å². The van der Waals surface area contributed by atoms with E-state index in [1.54, 1.807) is 0 Å². The zero-order valence-electron chi connectivity index (χ0n) is 10.3. The van der Waals surface area contributed by atoms with Crippen LogP contribution in [-0.2, 0) is 9.84 Å². The number of hydrogen-bond donors (Lipinski definition) is 3. The maximum absolute atomic E-state index is 11.9. The second-order valence-corrected chi connectivity index (χ2v) is 6.50.